The van der Waals surface area contributed by atoms with E-state index in [4.69, 9.17) is 15.2 Å². The summed E-state index contributed by atoms with van der Waals surface area (Å²) in [5, 5.41) is 3.41. The van der Waals surface area contributed by atoms with Crippen molar-refractivity contribution >= 4 is 41.5 Å². The van der Waals surface area contributed by atoms with E-state index in [0.29, 0.717) is 12.3 Å². The molecule has 168 valence electrons. The number of methoxy groups -OCH3 is 1. The number of hydrogen-bond donors (Lipinski definition) is 2. The maximum Gasteiger partial charge on any atom is 0.255 e. The van der Waals surface area contributed by atoms with Crippen molar-refractivity contribution in [3.05, 3.63) is 54.1 Å². The average molecular weight is 539 g/mol. The second kappa shape index (κ2) is 12.2. The number of carbonyl (C=O) groups is 1. The smallest absolute Gasteiger partial charge is 0.255 e. The van der Waals surface area contributed by atoms with Crippen LogP contribution in [-0.4, -0.2) is 63.7 Å². The lowest BCUT2D eigenvalue weighted by Gasteiger charge is -2.37. The number of primary amides is 1. The molecule has 0 atom stereocenters. The van der Waals surface area contributed by atoms with E-state index in [1.807, 2.05) is 30.3 Å². The molecule has 1 saturated heterocycles. The quantitative estimate of drug-likeness (QED) is 0.318. The Morgan fingerprint density at radius 3 is 2.48 bits per heavy atom. The molecule has 1 amide bonds. The Balaban J connectivity index is 0.00000341. The fourth-order valence-corrected chi connectivity index (χ4v) is 3.40. The van der Waals surface area contributed by atoms with Crippen molar-refractivity contribution in [2.24, 2.45) is 10.7 Å². The number of amides is 1. The highest BCUT2D eigenvalue weighted by Crippen LogP contribution is 2.22. The Labute approximate surface area is 200 Å². The number of piperazine rings is 1. The number of halogens is 1. The lowest BCUT2D eigenvalue weighted by Crippen LogP contribution is -2.52. The van der Waals surface area contributed by atoms with Gasteiger partial charge in [0.2, 0.25) is 0 Å². The Kier molecular flexibility index (Phi) is 9.70. The van der Waals surface area contributed by atoms with Gasteiger partial charge in [0.15, 0.2) is 12.6 Å². The zero-order valence-electron chi connectivity index (χ0n) is 17.9. The number of rotatable bonds is 7. The fourth-order valence-electron chi connectivity index (χ4n) is 3.40. The molecule has 1 aliphatic rings. The molecule has 1 heterocycles. The maximum atomic E-state index is 10.9. The zero-order valence-corrected chi connectivity index (χ0v) is 20.2. The van der Waals surface area contributed by atoms with E-state index in [9.17, 15) is 4.79 Å². The van der Waals surface area contributed by atoms with Gasteiger partial charge in [-0.2, -0.15) is 0 Å². The predicted octanol–water partition coefficient (Wildman–Crippen LogP) is 2.07. The van der Waals surface area contributed by atoms with Gasteiger partial charge in [0.05, 0.1) is 7.11 Å². The summed E-state index contributed by atoms with van der Waals surface area (Å²) in [5.41, 5.74) is 7.34. The van der Waals surface area contributed by atoms with E-state index < -0.39 is 5.91 Å². The number of ether oxygens (including phenoxy) is 2. The molecule has 3 N–H and O–H groups in total. The first-order valence-corrected chi connectivity index (χ1v) is 9.93. The number of nitrogens with zero attached hydrogens (tertiary/aromatic N) is 3. The summed E-state index contributed by atoms with van der Waals surface area (Å²) in [5.74, 6) is 1.86. The van der Waals surface area contributed by atoms with Crippen LogP contribution in [0, 0.1) is 0 Å². The predicted molar refractivity (Wildman–Crippen MR) is 134 cm³/mol. The van der Waals surface area contributed by atoms with E-state index in [1.165, 1.54) is 5.69 Å². The standard InChI is InChI=1S/C22H29N5O3.HI/c1-24-22(25-15-17-5-3-8-20(13-17)30-16-21(23)28)27-11-9-26(10-12-27)18-6-4-7-19(14-18)29-2;/h3-8,13-14H,9-12,15-16H2,1-2H3,(H2,23,28)(H,24,25);1H. The number of anilines is 1. The molecule has 0 saturated carbocycles. The minimum atomic E-state index is -0.494. The van der Waals surface area contributed by atoms with Gasteiger partial charge in [-0.15, -0.1) is 24.0 Å². The summed E-state index contributed by atoms with van der Waals surface area (Å²) < 4.78 is 10.7. The van der Waals surface area contributed by atoms with Gasteiger partial charge in [-0.05, 0) is 29.8 Å². The molecular formula is C22H30IN5O3. The minimum Gasteiger partial charge on any atom is -0.497 e. The fraction of sp³-hybridized carbons (Fsp3) is 0.364. The number of carbonyl (C=O) groups excluding carboxylic acids is 1. The Bertz CT molecular complexity index is 885. The molecule has 2 aromatic carbocycles. The van der Waals surface area contributed by atoms with Gasteiger partial charge in [-0.1, -0.05) is 18.2 Å². The van der Waals surface area contributed by atoms with Crippen LogP contribution in [0.15, 0.2) is 53.5 Å². The summed E-state index contributed by atoms with van der Waals surface area (Å²) in [4.78, 5) is 19.9. The summed E-state index contributed by atoms with van der Waals surface area (Å²) in [7, 11) is 3.48. The van der Waals surface area contributed by atoms with Crippen LogP contribution in [0.25, 0.3) is 0 Å². The van der Waals surface area contributed by atoms with Crippen molar-refractivity contribution in [1.29, 1.82) is 0 Å². The van der Waals surface area contributed by atoms with Crippen LogP contribution in [0.3, 0.4) is 0 Å². The summed E-state index contributed by atoms with van der Waals surface area (Å²) >= 11 is 0. The third kappa shape index (κ3) is 7.20. The number of aliphatic imine (C=N–C) groups is 1. The van der Waals surface area contributed by atoms with E-state index in [-0.39, 0.29) is 30.6 Å². The van der Waals surface area contributed by atoms with Crippen molar-refractivity contribution in [2.75, 3.05) is 51.8 Å². The number of nitrogens with one attached hydrogen (secondary N) is 1. The Hall–Kier alpha value is -2.69. The highest BCUT2D eigenvalue weighted by atomic mass is 127. The van der Waals surface area contributed by atoms with E-state index in [0.717, 1.165) is 43.5 Å². The van der Waals surface area contributed by atoms with Crippen molar-refractivity contribution in [2.45, 2.75) is 6.54 Å². The molecular weight excluding hydrogens is 509 g/mol. The van der Waals surface area contributed by atoms with Crippen LogP contribution in [0.1, 0.15) is 5.56 Å². The van der Waals surface area contributed by atoms with E-state index in [1.54, 1.807) is 20.2 Å². The SMILES string of the molecule is CN=C(NCc1cccc(OCC(N)=O)c1)N1CCN(c2cccc(OC)c2)CC1.I. The first-order valence-electron chi connectivity index (χ1n) is 9.93. The second-order valence-corrected chi connectivity index (χ2v) is 6.98. The number of guanidine groups is 1. The van der Waals surface area contributed by atoms with Gasteiger partial charge < -0.3 is 30.3 Å². The largest absolute Gasteiger partial charge is 0.497 e. The summed E-state index contributed by atoms with van der Waals surface area (Å²) in [6.45, 7) is 4.04. The van der Waals surface area contributed by atoms with Gasteiger partial charge in [-0.3, -0.25) is 9.79 Å². The molecule has 0 spiro atoms. The zero-order chi connectivity index (χ0) is 21.3. The normalized spacial score (nSPS) is 13.9. The van der Waals surface area contributed by atoms with E-state index >= 15 is 0 Å². The first kappa shape index (κ1) is 24.6. The number of nitrogens with two attached hydrogens (primary N) is 1. The van der Waals surface area contributed by atoms with E-state index in [2.05, 4.69) is 32.2 Å². The summed E-state index contributed by atoms with van der Waals surface area (Å²) in [6, 6.07) is 15.7. The first-order chi connectivity index (χ1) is 14.6. The third-order valence-corrected chi connectivity index (χ3v) is 4.94. The molecule has 0 aromatic heterocycles. The maximum absolute atomic E-state index is 10.9. The van der Waals surface area contributed by atoms with Crippen LogP contribution < -0.4 is 25.4 Å². The van der Waals surface area contributed by atoms with Gasteiger partial charge >= 0.3 is 0 Å². The van der Waals surface area contributed by atoms with Crippen molar-refractivity contribution in [3.63, 3.8) is 0 Å². The van der Waals surface area contributed by atoms with Crippen LogP contribution in [0.4, 0.5) is 5.69 Å². The minimum absolute atomic E-state index is 0. The molecule has 0 aliphatic carbocycles. The van der Waals surface area contributed by atoms with Gasteiger partial charge in [0, 0.05) is 51.5 Å². The van der Waals surface area contributed by atoms with Crippen molar-refractivity contribution in [1.82, 2.24) is 10.2 Å². The molecule has 0 bridgehead atoms. The molecule has 2 aromatic rings. The monoisotopic (exact) mass is 539 g/mol. The molecule has 1 fully saturated rings. The van der Waals surface area contributed by atoms with Gasteiger partial charge in [-0.25, -0.2) is 0 Å². The molecule has 1 aliphatic heterocycles. The van der Waals surface area contributed by atoms with Gasteiger partial charge in [0.1, 0.15) is 11.5 Å². The lowest BCUT2D eigenvalue weighted by atomic mass is 10.2. The molecule has 9 heteroatoms. The second-order valence-electron chi connectivity index (χ2n) is 6.98. The Morgan fingerprint density at radius 1 is 1.10 bits per heavy atom. The van der Waals surface area contributed by atoms with Crippen LogP contribution in [-0.2, 0) is 11.3 Å². The van der Waals surface area contributed by atoms with Crippen LogP contribution in [0.5, 0.6) is 11.5 Å². The van der Waals surface area contributed by atoms with Crippen LogP contribution in [0.2, 0.25) is 0 Å². The van der Waals surface area contributed by atoms with Crippen molar-refractivity contribution in [3.8, 4) is 11.5 Å². The average Bonchev–Trinajstić information content (AvgIpc) is 2.79. The molecule has 0 unspecified atom stereocenters. The highest BCUT2D eigenvalue weighted by Gasteiger charge is 2.20. The van der Waals surface area contributed by atoms with Gasteiger partial charge in [0.25, 0.3) is 5.91 Å². The van der Waals surface area contributed by atoms with Crippen molar-refractivity contribution < 1.29 is 14.3 Å². The highest BCUT2D eigenvalue weighted by molar-refractivity contribution is 14.0. The lowest BCUT2D eigenvalue weighted by molar-refractivity contribution is -0.119. The summed E-state index contributed by atoms with van der Waals surface area (Å²) in [6.07, 6.45) is 0. The molecule has 0 radical (unpaired) electrons. The van der Waals surface area contributed by atoms with Crippen LogP contribution >= 0.6 is 24.0 Å². The third-order valence-electron chi connectivity index (χ3n) is 4.94. The number of benzene rings is 2. The Morgan fingerprint density at radius 2 is 1.81 bits per heavy atom. The number of hydrogen-bond acceptors (Lipinski definition) is 5. The molecule has 3 rings (SSSR count). The topological polar surface area (TPSA) is 92.4 Å². The molecule has 31 heavy (non-hydrogen) atoms. The molecule has 8 nitrogen and oxygen atoms in total.